The van der Waals surface area contributed by atoms with Crippen molar-refractivity contribution in [3.8, 4) is 0 Å². The minimum atomic E-state index is -0.466. The zero-order valence-corrected chi connectivity index (χ0v) is 14.2. The molecule has 1 fully saturated rings. The molecule has 0 unspecified atom stereocenters. The normalized spacial score (nSPS) is 19.1. The molecule has 1 N–H and O–H groups in total. The number of thiophene rings is 1. The molecule has 1 aromatic heterocycles. The van der Waals surface area contributed by atoms with E-state index in [0.29, 0.717) is 5.69 Å². The van der Waals surface area contributed by atoms with Gasteiger partial charge in [-0.15, -0.1) is 0 Å². The van der Waals surface area contributed by atoms with Crippen LogP contribution in [0.25, 0.3) is 0 Å². The van der Waals surface area contributed by atoms with Crippen molar-refractivity contribution in [2.75, 3.05) is 11.9 Å². The molecule has 2 atom stereocenters. The Kier molecular flexibility index (Phi) is 4.92. The summed E-state index contributed by atoms with van der Waals surface area (Å²) in [5.74, 6) is -0.141. The van der Waals surface area contributed by atoms with Crippen molar-refractivity contribution >= 4 is 28.6 Å². The van der Waals surface area contributed by atoms with Crippen molar-refractivity contribution in [2.45, 2.75) is 31.8 Å². The zero-order valence-electron chi connectivity index (χ0n) is 13.3. The first kappa shape index (κ1) is 16.6. The molecule has 0 spiro atoms. The number of anilines is 1. The Morgan fingerprint density at radius 3 is 3.00 bits per heavy atom. The second-order valence-electron chi connectivity index (χ2n) is 5.93. The molecular formula is C17H19N3O3S. The van der Waals surface area contributed by atoms with E-state index in [1.165, 1.54) is 17.7 Å². The number of nitrogens with one attached hydrogen (secondary N) is 1. The Balaban J connectivity index is 1.70. The second-order valence-corrected chi connectivity index (χ2v) is 6.71. The minimum Gasteiger partial charge on any atom is -0.324 e. The topological polar surface area (TPSA) is 75.5 Å². The molecule has 1 aliphatic rings. The van der Waals surface area contributed by atoms with E-state index in [1.807, 2.05) is 6.92 Å². The van der Waals surface area contributed by atoms with Crippen LogP contribution in [0, 0.1) is 10.1 Å². The first-order chi connectivity index (χ1) is 11.6. The summed E-state index contributed by atoms with van der Waals surface area (Å²) < 4.78 is 0. The maximum atomic E-state index is 12.6. The number of carbonyl (C=O) groups is 1. The molecule has 0 saturated carbocycles. The van der Waals surface area contributed by atoms with Crippen LogP contribution < -0.4 is 5.32 Å². The van der Waals surface area contributed by atoms with E-state index in [-0.39, 0.29) is 23.7 Å². The molecule has 1 aliphatic heterocycles. The van der Waals surface area contributed by atoms with E-state index in [2.05, 4.69) is 27.0 Å². The number of nitro benzene ring substituents is 1. The molecule has 6 nitrogen and oxygen atoms in total. The van der Waals surface area contributed by atoms with Crippen molar-refractivity contribution < 1.29 is 9.72 Å². The summed E-state index contributed by atoms with van der Waals surface area (Å²) in [5.41, 5.74) is 1.68. The van der Waals surface area contributed by atoms with Gasteiger partial charge in [-0.05, 0) is 54.8 Å². The summed E-state index contributed by atoms with van der Waals surface area (Å²) >= 11 is 1.66. The van der Waals surface area contributed by atoms with Gasteiger partial charge in [-0.2, -0.15) is 11.3 Å². The van der Waals surface area contributed by atoms with Gasteiger partial charge in [-0.3, -0.25) is 19.8 Å². The van der Waals surface area contributed by atoms with Gasteiger partial charge in [0.25, 0.3) is 5.69 Å². The number of nitrogens with zero attached hydrogens (tertiary/aromatic N) is 2. The van der Waals surface area contributed by atoms with E-state index in [1.54, 1.807) is 23.5 Å². The van der Waals surface area contributed by atoms with Crippen LogP contribution in [0.5, 0.6) is 0 Å². The van der Waals surface area contributed by atoms with Gasteiger partial charge in [0.2, 0.25) is 5.91 Å². The number of benzene rings is 1. The maximum absolute atomic E-state index is 12.6. The second kappa shape index (κ2) is 7.11. The van der Waals surface area contributed by atoms with Crippen molar-refractivity contribution in [1.82, 2.24) is 4.90 Å². The van der Waals surface area contributed by atoms with Crippen LogP contribution in [0.15, 0.2) is 41.1 Å². The predicted octanol–water partition coefficient (Wildman–Crippen LogP) is 3.82. The van der Waals surface area contributed by atoms with Gasteiger partial charge in [0.1, 0.15) is 0 Å². The van der Waals surface area contributed by atoms with Gasteiger partial charge >= 0.3 is 0 Å². The van der Waals surface area contributed by atoms with Gasteiger partial charge in [0.15, 0.2) is 0 Å². The Morgan fingerprint density at radius 2 is 2.29 bits per heavy atom. The fourth-order valence-electron chi connectivity index (χ4n) is 3.17. The van der Waals surface area contributed by atoms with Crippen LogP contribution in [-0.2, 0) is 4.79 Å². The molecule has 1 amide bonds. The summed E-state index contributed by atoms with van der Waals surface area (Å²) in [6.07, 6.45) is 2.11. The first-order valence-electron chi connectivity index (χ1n) is 7.89. The average Bonchev–Trinajstić information content (AvgIpc) is 3.25. The number of nitro groups is 1. The molecule has 2 heterocycles. The van der Waals surface area contributed by atoms with Crippen LogP contribution in [0.1, 0.15) is 31.4 Å². The third-order valence-electron chi connectivity index (χ3n) is 4.42. The number of hydrogen-bond donors (Lipinski definition) is 1. The van der Waals surface area contributed by atoms with Gasteiger partial charge in [0, 0.05) is 23.9 Å². The van der Waals surface area contributed by atoms with Crippen LogP contribution >= 0.6 is 11.3 Å². The molecule has 3 rings (SSSR count). The standard InChI is InChI=1S/C17H19N3O3S/c1-12(19-8-3-6-16(19)13-7-9-24-11-13)17(21)18-14-4-2-5-15(10-14)20(22)23/h2,4-5,7,9-12,16H,3,6,8H2,1H3,(H,18,21)/t12-,16-/m0/s1. The molecule has 0 radical (unpaired) electrons. The van der Waals surface area contributed by atoms with Crippen LogP contribution in [0.4, 0.5) is 11.4 Å². The SMILES string of the molecule is C[C@@H](C(=O)Nc1cccc([N+](=O)[O-])c1)N1CCC[C@H]1c1ccsc1. The number of likely N-dealkylation sites (tertiary alicyclic amines) is 1. The summed E-state index contributed by atoms with van der Waals surface area (Å²) in [6.45, 7) is 2.77. The maximum Gasteiger partial charge on any atom is 0.271 e. The van der Waals surface area contributed by atoms with E-state index in [9.17, 15) is 14.9 Å². The highest BCUT2D eigenvalue weighted by Crippen LogP contribution is 2.34. The first-order valence-corrected chi connectivity index (χ1v) is 8.83. The van der Waals surface area contributed by atoms with Crippen molar-refractivity contribution in [3.63, 3.8) is 0 Å². The molecule has 0 bridgehead atoms. The third-order valence-corrected chi connectivity index (χ3v) is 5.13. The van der Waals surface area contributed by atoms with Crippen LogP contribution in [0.3, 0.4) is 0 Å². The lowest BCUT2D eigenvalue weighted by Gasteiger charge is -2.29. The predicted molar refractivity (Wildman–Crippen MR) is 94.2 cm³/mol. The Bertz CT molecular complexity index is 732. The van der Waals surface area contributed by atoms with E-state index in [4.69, 9.17) is 0 Å². The fourth-order valence-corrected chi connectivity index (χ4v) is 3.88. The van der Waals surface area contributed by atoms with Crippen molar-refractivity contribution in [3.05, 3.63) is 56.8 Å². The van der Waals surface area contributed by atoms with Gasteiger partial charge in [-0.25, -0.2) is 0 Å². The number of carbonyl (C=O) groups excluding carboxylic acids is 1. The lowest BCUT2D eigenvalue weighted by atomic mass is 10.1. The van der Waals surface area contributed by atoms with Crippen molar-refractivity contribution in [1.29, 1.82) is 0 Å². The van der Waals surface area contributed by atoms with E-state index in [0.717, 1.165) is 19.4 Å². The molecular weight excluding hydrogens is 326 g/mol. The van der Waals surface area contributed by atoms with E-state index >= 15 is 0 Å². The van der Waals surface area contributed by atoms with Gasteiger partial charge in [0.05, 0.1) is 11.0 Å². The highest BCUT2D eigenvalue weighted by Gasteiger charge is 2.33. The van der Waals surface area contributed by atoms with E-state index < -0.39 is 4.92 Å². The summed E-state index contributed by atoms with van der Waals surface area (Å²) in [4.78, 5) is 25.2. The molecule has 7 heteroatoms. The Labute approximate surface area is 144 Å². The zero-order chi connectivity index (χ0) is 17.1. The quantitative estimate of drug-likeness (QED) is 0.660. The fraction of sp³-hybridized carbons (Fsp3) is 0.353. The Morgan fingerprint density at radius 1 is 1.46 bits per heavy atom. The molecule has 1 saturated heterocycles. The lowest BCUT2D eigenvalue weighted by Crippen LogP contribution is -2.41. The monoisotopic (exact) mass is 345 g/mol. The number of hydrogen-bond acceptors (Lipinski definition) is 5. The molecule has 126 valence electrons. The van der Waals surface area contributed by atoms with Crippen molar-refractivity contribution in [2.24, 2.45) is 0 Å². The summed E-state index contributed by atoms with van der Waals surface area (Å²) in [5, 5.41) is 17.8. The summed E-state index contributed by atoms with van der Waals surface area (Å²) in [7, 11) is 0. The molecule has 0 aliphatic carbocycles. The highest BCUT2D eigenvalue weighted by molar-refractivity contribution is 7.07. The number of rotatable bonds is 5. The highest BCUT2D eigenvalue weighted by atomic mass is 32.1. The number of non-ortho nitro benzene ring substituents is 1. The lowest BCUT2D eigenvalue weighted by molar-refractivity contribution is -0.384. The molecule has 24 heavy (non-hydrogen) atoms. The van der Waals surface area contributed by atoms with Crippen LogP contribution in [0.2, 0.25) is 0 Å². The van der Waals surface area contributed by atoms with Gasteiger partial charge in [-0.1, -0.05) is 6.07 Å². The number of amides is 1. The average molecular weight is 345 g/mol. The minimum absolute atomic E-state index is 0.0298. The molecule has 1 aromatic carbocycles. The Hall–Kier alpha value is -2.25. The largest absolute Gasteiger partial charge is 0.324 e. The molecule has 2 aromatic rings. The van der Waals surface area contributed by atoms with Crippen LogP contribution in [-0.4, -0.2) is 28.3 Å². The van der Waals surface area contributed by atoms with Gasteiger partial charge < -0.3 is 5.32 Å². The summed E-state index contributed by atoms with van der Waals surface area (Å²) in [6, 6.07) is 8.11. The smallest absolute Gasteiger partial charge is 0.271 e. The third kappa shape index (κ3) is 3.47.